The molecule has 36 heavy (non-hydrogen) atoms. The highest BCUT2D eigenvalue weighted by Gasteiger charge is 2.17. The van der Waals surface area contributed by atoms with Crippen molar-refractivity contribution in [1.29, 1.82) is 0 Å². The third-order valence-corrected chi connectivity index (χ3v) is 8.78. The molecule has 6 aromatic carbocycles. The Balaban J connectivity index is 1.46. The molecule has 167 valence electrons. The van der Waals surface area contributed by atoms with Crippen molar-refractivity contribution < 1.29 is 0 Å². The summed E-state index contributed by atoms with van der Waals surface area (Å²) in [6.07, 6.45) is 0. The average Bonchev–Trinajstić information content (AvgIpc) is 3.60. The van der Waals surface area contributed by atoms with E-state index in [9.17, 15) is 0 Å². The van der Waals surface area contributed by atoms with Gasteiger partial charge in [0.05, 0.1) is 25.9 Å². The molecule has 8 rings (SSSR count). The van der Waals surface area contributed by atoms with Crippen LogP contribution in [0.15, 0.2) is 103 Å². The molecule has 0 aliphatic carbocycles. The summed E-state index contributed by atoms with van der Waals surface area (Å²) >= 11 is 3.43. The van der Waals surface area contributed by atoms with Crippen LogP contribution in [-0.2, 0) is 0 Å². The highest BCUT2D eigenvalue weighted by Crippen LogP contribution is 2.43. The molecule has 0 spiro atoms. The highest BCUT2D eigenvalue weighted by atomic mass is 32.1. The Bertz CT molecular complexity index is 2120. The normalized spacial score (nSPS) is 11.9. The zero-order chi connectivity index (χ0) is 23.6. The number of hydrogen-bond donors (Lipinski definition) is 0. The van der Waals surface area contributed by atoms with E-state index in [1.54, 1.807) is 22.7 Å². The molecule has 4 heteroatoms. The van der Waals surface area contributed by atoms with Crippen molar-refractivity contribution in [2.24, 2.45) is 0 Å². The van der Waals surface area contributed by atoms with Gasteiger partial charge in [0.2, 0.25) is 0 Å². The Labute approximate surface area is 215 Å². The van der Waals surface area contributed by atoms with E-state index in [1.807, 2.05) is 5.51 Å². The fourth-order valence-electron chi connectivity index (χ4n) is 5.23. The van der Waals surface area contributed by atoms with Crippen LogP contribution in [0.1, 0.15) is 0 Å². The molecule has 0 N–H and O–H groups in total. The van der Waals surface area contributed by atoms with Crippen molar-refractivity contribution >= 4 is 75.4 Å². The summed E-state index contributed by atoms with van der Waals surface area (Å²) in [6, 6.07) is 38.3. The second kappa shape index (κ2) is 7.69. The predicted molar refractivity (Wildman–Crippen MR) is 155 cm³/mol. The Morgan fingerprint density at radius 1 is 0.611 bits per heavy atom. The quantitative estimate of drug-likeness (QED) is 0.240. The fraction of sp³-hybridized carbons (Fsp3) is 0. The maximum Gasteiger partial charge on any atom is 0.125 e. The van der Waals surface area contributed by atoms with Gasteiger partial charge >= 0.3 is 0 Å². The Morgan fingerprint density at radius 3 is 2.42 bits per heavy atom. The van der Waals surface area contributed by atoms with E-state index in [0.29, 0.717) is 0 Å². The van der Waals surface area contributed by atoms with Gasteiger partial charge in [0.1, 0.15) is 5.01 Å². The van der Waals surface area contributed by atoms with Crippen LogP contribution in [0, 0.1) is 6.07 Å². The first kappa shape index (κ1) is 20.1. The lowest BCUT2D eigenvalue weighted by Gasteiger charge is -2.13. The number of thiazole rings is 2. The van der Waals surface area contributed by atoms with Crippen LogP contribution in [0.3, 0.4) is 0 Å². The lowest BCUT2D eigenvalue weighted by molar-refractivity contribution is 1.49. The van der Waals surface area contributed by atoms with E-state index in [-0.39, 0.29) is 0 Å². The van der Waals surface area contributed by atoms with Crippen LogP contribution >= 0.6 is 22.7 Å². The first-order valence-electron chi connectivity index (χ1n) is 11.8. The van der Waals surface area contributed by atoms with Crippen LogP contribution < -0.4 is 0 Å². The molecule has 0 bridgehead atoms. The second-order valence-electron chi connectivity index (χ2n) is 8.96. The number of benzene rings is 6. The largest absolute Gasteiger partial charge is 0.244 e. The van der Waals surface area contributed by atoms with Crippen LogP contribution in [0.5, 0.6) is 0 Å². The zero-order valence-electron chi connectivity index (χ0n) is 19.0. The van der Waals surface area contributed by atoms with Crippen molar-refractivity contribution in [1.82, 2.24) is 9.97 Å². The lowest BCUT2D eigenvalue weighted by Crippen LogP contribution is -1.89. The third-order valence-electron chi connectivity index (χ3n) is 6.93. The Kier molecular flexibility index (Phi) is 4.30. The van der Waals surface area contributed by atoms with Crippen LogP contribution in [-0.4, -0.2) is 9.97 Å². The highest BCUT2D eigenvalue weighted by molar-refractivity contribution is 7.21. The molecular weight excluding hydrogens is 477 g/mol. The molecule has 0 saturated carbocycles. The summed E-state index contributed by atoms with van der Waals surface area (Å²) in [5.41, 5.74) is 7.41. The molecule has 2 heterocycles. The van der Waals surface area contributed by atoms with E-state index < -0.39 is 0 Å². The summed E-state index contributed by atoms with van der Waals surface area (Å²) in [5.74, 6) is 0. The summed E-state index contributed by atoms with van der Waals surface area (Å²) in [5, 5.41) is 8.07. The molecule has 0 aliphatic heterocycles. The second-order valence-corrected chi connectivity index (χ2v) is 10.9. The number of fused-ring (bicyclic) bond motifs is 7. The van der Waals surface area contributed by atoms with Crippen molar-refractivity contribution in [3.05, 3.63) is 109 Å². The molecule has 1 radical (unpaired) electrons. The minimum absolute atomic E-state index is 1.02. The summed E-state index contributed by atoms with van der Waals surface area (Å²) < 4.78 is 2.41. The SMILES string of the molecule is [c]1c(-c2cccc3c2ccc2scnc23)c(-c2nc3c(ccc4ccccc43)s2)cc2ccccc12. The molecule has 0 unspecified atom stereocenters. The Morgan fingerprint density at radius 2 is 1.44 bits per heavy atom. The van der Waals surface area contributed by atoms with Gasteiger partial charge in [-0.2, -0.15) is 0 Å². The van der Waals surface area contributed by atoms with E-state index in [4.69, 9.17) is 4.98 Å². The molecule has 0 aliphatic rings. The summed E-state index contributed by atoms with van der Waals surface area (Å²) in [7, 11) is 0. The monoisotopic (exact) mass is 493 g/mol. The number of rotatable bonds is 2. The number of nitrogens with zero attached hydrogens (tertiary/aromatic N) is 2. The van der Waals surface area contributed by atoms with Gasteiger partial charge in [-0.25, -0.2) is 9.97 Å². The topological polar surface area (TPSA) is 25.8 Å². The Hall–Kier alpha value is -4.12. The van der Waals surface area contributed by atoms with Crippen molar-refractivity contribution in [3.63, 3.8) is 0 Å². The van der Waals surface area contributed by atoms with Crippen molar-refractivity contribution in [2.45, 2.75) is 0 Å². The minimum Gasteiger partial charge on any atom is -0.244 e. The number of hydrogen-bond acceptors (Lipinski definition) is 4. The van der Waals surface area contributed by atoms with Crippen molar-refractivity contribution in [3.8, 4) is 21.7 Å². The first-order chi connectivity index (χ1) is 17.8. The molecule has 0 fully saturated rings. The molecule has 0 saturated heterocycles. The molecule has 8 aromatic rings. The van der Waals surface area contributed by atoms with E-state index >= 15 is 0 Å². The van der Waals surface area contributed by atoms with Crippen molar-refractivity contribution in [2.75, 3.05) is 0 Å². The van der Waals surface area contributed by atoms with Gasteiger partial charge in [-0.15, -0.1) is 22.7 Å². The van der Waals surface area contributed by atoms with E-state index in [1.165, 1.54) is 36.3 Å². The summed E-state index contributed by atoms with van der Waals surface area (Å²) in [4.78, 5) is 9.88. The molecular formula is C32H17N2S2. The van der Waals surface area contributed by atoms with E-state index in [0.717, 1.165) is 38.1 Å². The average molecular weight is 494 g/mol. The fourth-order valence-corrected chi connectivity index (χ4v) is 6.93. The van der Waals surface area contributed by atoms with Gasteiger partial charge in [-0.1, -0.05) is 78.9 Å². The standard InChI is InChI=1S/C32H17N2S2/c1-2-8-21-17-27(32-34-31-22-9-4-3-6-19(22)12-14-29(31)36-32)26(16-20(21)7-1)23-10-5-11-25-24(23)13-15-28-30(25)33-18-35-28/h1-15,17-18H. The third kappa shape index (κ3) is 2.95. The molecule has 0 atom stereocenters. The van der Waals surface area contributed by atoms with Crippen LogP contribution in [0.4, 0.5) is 0 Å². The van der Waals surface area contributed by atoms with Gasteiger partial charge in [0.15, 0.2) is 0 Å². The van der Waals surface area contributed by atoms with Gasteiger partial charge in [-0.3, -0.25) is 0 Å². The van der Waals surface area contributed by atoms with Crippen LogP contribution in [0.25, 0.3) is 74.4 Å². The van der Waals surface area contributed by atoms with Gasteiger partial charge in [0, 0.05) is 21.9 Å². The maximum atomic E-state index is 5.21. The molecule has 2 nitrogen and oxygen atoms in total. The van der Waals surface area contributed by atoms with Gasteiger partial charge in [0.25, 0.3) is 0 Å². The minimum atomic E-state index is 1.02. The predicted octanol–water partition coefficient (Wildman–Crippen LogP) is 9.50. The molecule has 2 aromatic heterocycles. The molecule has 0 amide bonds. The smallest absolute Gasteiger partial charge is 0.125 e. The van der Waals surface area contributed by atoms with Crippen LogP contribution in [0.2, 0.25) is 0 Å². The zero-order valence-corrected chi connectivity index (χ0v) is 20.7. The summed E-state index contributed by atoms with van der Waals surface area (Å²) in [6.45, 7) is 0. The van der Waals surface area contributed by atoms with Gasteiger partial charge in [-0.05, 0) is 51.4 Å². The van der Waals surface area contributed by atoms with E-state index in [2.05, 4.69) is 108 Å². The van der Waals surface area contributed by atoms with Gasteiger partial charge < -0.3 is 0 Å². The first-order valence-corrected chi connectivity index (χ1v) is 13.5. The lowest BCUT2D eigenvalue weighted by atomic mass is 9.92. The number of aromatic nitrogens is 2. The maximum absolute atomic E-state index is 5.21.